The van der Waals surface area contributed by atoms with Crippen molar-refractivity contribution < 1.29 is 9.32 Å². The molecule has 1 aromatic carbocycles. The van der Waals surface area contributed by atoms with Crippen LogP contribution in [-0.2, 0) is 0 Å². The molecular formula is C19H26N4O2. The molecule has 0 radical (unpaired) electrons. The van der Waals surface area contributed by atoms with E-state index in [1.54, 1.807) is 19.1 Å². The number of aromatic nitrogens is 2. The Kier molecular flexibility index (Phi) is 5.81. The van der Waals surface area contributed by atoms with Gasteiger partial charge in [-0.1, -0.05) is 24.2 Å². The number of nitrogens with zero attached hydrogens (tertiary/aromatic N) is 3. The van der Waals surface area contributed by atoms with Gasteiger partial charge in [-0.15, -0.1) is 0 Å². The minimum atomic E-state index is -0.0610. The summed E-state index contributed by atoms with van der Waals surface area (Å²) in [6.45, 7) is 8.16. The molecule has 0 bridgehead atoms. The molecule has 0 aliphatic carbocycles. The van der Waals surface area contributed by atoms with Gasteiger partial charge in [0, 0.05) is 31.1 Å². The first-order valence-corrected chi connectivity index (χ1v) is 9.03. The zero-order valence-corrected chi connectivity index (χ0v) is 15.0. The molecular weight excluding hydrogens is 316 g/mol. The maximum Gasteiger partial charge on any atom is 0.251 e. The summed E-state index contributed by atoms with van der Waals surface area (Å²) in [5.74, 6) is 1.75. The van der Waals surface area contributed by atoms with Gasteiger partial charge < -0.3 is 14.7 Å². The van der Waals surface area contributed by atoms with E-state index in [4.69, 9.17) is 4.52 Å². The molecule has 25 heavy (non-hydrogen) atoms. The zero-order valence-electron chi connectivity index (χ0n) is 15.0. The van der Waals surface area contributed by atoms with Crippen molar-refractivity contribution in [2.24, 2.45) is 5.92 Å². The number of rotatable bonds is 6. The van der Waals surface area contributed by atoms with Crippen molar-refractivity contribution in [3.63, 3.8) is 0 Å². The first-order chi connectivity index (χ1) is 12.1. The second kappa shape index (κ2) is 8.25. The number of hydrogen-bond acceptors (Lipinski definition) is 5. The molecule has 3 rings (SSSR count). The summed E-state index contributed by atoms with van der Waals surface area (Å²) in [4.78, 5) is 19.0. The summed E-state index contributed by atoms with van der Waals surface area (Å²) >= 11 is 0. The van der Waals surface area contributed by atoms with Crippen molar-refractivity contribution in [2.45, 2.75) is 33.1 Å². The Labute approximate surface area is 148 Å². The number of hydrogen-bond donors (Lipinski definition) is 1. The molecule has 0 saturated carbocycles. The number of nitrogens with one attached hydrogen (secondary N) is 1. The van der Waals surface area contributed by atoms with E-state index in [0.29, 0.717) is 23.8 Å². The second-order valence-electron chi connectivity index (χ2n) is 6.88. The van der Waals surface area contributed by atoms with Crippen LogP contribution in [0.3, 0.4) is 0 Å². The van der Waals surface area contributed by atoms with Crippen LogP contribution in [0.5, 0.6) is 0 Å². The number of carbonyl (C=O) groups is 1. The topological polar surface area (TPSA) is 71.3 Å². The van der Waals surface area contributed by atoms with Gasteiger partial charge >= 0.3 is 0 Å². The fourth-order valence-corrected chi connectivity index (χ4v) is 3.31. The Morgan fingerprint density at radius 1 is 1.44 bits per heavy atom. The lowest BCUT2D eigenvalue weighted by atomic mass is 10.0. The minimum Gasteiger partial charge on any atom is -0.352 e. The van der Waals surface area contributed by atoms with Crippen LogP contribution >= 0.6 is 0 Å². The number of benzene rings is 1. The van der Waals surface area contributed by atoms with Crippen LogP contribution in [0.2, 0.25) is 0 Å². The largest absolute Gasteiger partial charge is 0.352 e. The van der Waals surface area contributed by atoms with Crippen LogP contribution in [0.15, 0.2) is 28.8 Å². The van der Waals surface area contributed by atoms with Crippen LogP contribution in [0.4, 0.5) is 0 Å². The number of amides is 1. The third kappa shape index (κ3) is 4.89. The summed E-state index contributed by atoms with van der Waals surface area (Å²) in [7, 11) is 0. The predicted octanol–water partition coefficient (Wildman–Crippen LogP) is 2.90. The normalized spacial score (nSPS) is 18.2. The molecule has 1 saturated heterocycles. The lowest BCUT2D eigenvalue weighted by Gasteiger charge is -2.30. The van der Waals surface area contributed by atoms with Crippen LogP contribution < -0.4 is 5.32 Å². The maximum absolute atomic E-state index is 12.3. The van der Waals surface area contributed by atoms with Gasteiger partial charge in [0.05, 0.1) is 0 Å². The van der Waals surface area contributed by atoms with E-state index >= 15 is 0 Å². The highest BCUT2D eigenvalue weighted by atomic mass is 16.5. The van der Waals surface area contributed by atoms with Crippen molar-refractivity contribution in [2.75, 3.05) is 26.2 Å². The molecule has 1 unspecified atom stereocenters. The molecule has 6 nitrogen and oxygen atoms in total. The van der Waals surface area contributed by atoms with Gasteiger partial charge in [0.15, 0.2) is 0 Å². The molecule has 1 amide bonds. The van der Waals surface area contributed by atoms with Crippen LogP contribution in [0.25, 0.3) is 11.4 Å². The first kappa shape index (κ1) is 17.6. The van der Waals surface area contributed by atoms with Gasteiger partial charge in [0.2, 0.25) is 11.7 Å². The Morgan fingerprint density at radius 2 is 2.32 bits per heavy atom. The predicted molar refractivity (Wildman–Crippen MR) is 96.3 cm³/mol. The van der Waals surface area contributed by atoms with Crippen molar-refractivity contribution in [1.29, 1.82) is 0 Å². The highest BCUT2D eigenvalue weighted by Gasteiger charge is 2.15. The van der Waals surface area contributed by atoms with Gasteiger partial charge in [-0.25, -0.2) is 0 Å². The average Bonchev–Trinajstić information content (AvgIpc) is 3.05. The van der Waals surface area contributed by atoms with E-state index in [-0.39, 0.29) is 5.91 Å². The van der Waals surface area contributed by atoms with Gasteiger partial charge in [-0.3, -0.25) is 4.79 Å². The van der Waals surface area contributed by atoms with Crippen LogP contribution in [0.1, 0.15) is 42.4 Å². The minimum absolute atomic E-state index is 0.0610. The standard InChI is InChI=1S/C19H26N4O2/c1-14-6-4-10-23(13-14)11-5-9-20-19(24)17-8-3-7-16(12-17)18-21-15(2)25-22-18/h3,7-8,12,14H,4-6,9-11,13H2,1-2H3,(H,20,24). The van der Waals surface area contributed by atoms with Gasteiger partial charge in [-0.2, -0.15) is 4.98 Å². The summed E-state index contributed by atoms with van der Waals surface area (Å²) in [6.07, 6.45) is 3.60. The zero-order chi connectivity index (χ0) is 17.6. The van der Waals surface area contributed by atoms with E-state index in [2.05, 4.69) is 27.3 Å². The molecule has 2 aromatic rings. The van der Waals surface area contributed by atoms with Crippen molar-refractivity contribution in [3.05, 3.63) is 35.7 Å². The van der Waals surface area contributed by atoms with Crippen molar-refractivity contribution >= 4 is 5.91 Å². The van der Waals surface area contributed by atoms with Gasteiger partial charge in [-0.05, 0) is 50.4 Å². The van der Waals surface area contributed by atoms with Crippen molar-refractivity contribution in [3.8, 4) is 11.4 Å². The molecule has 2 heterocycles. The van der Waals surface area contributed by atoms with E-state index in [1.165, 1.54) is 25.9 Å². The number of aryl methyl sites for hydroxylation is 1. The number of piperidine rings is 1. The summed E-state index contributed by atoms with van der Waals surface area (Å²) in [5.41, 5.74) is 1.40. The van der Waals surface area contributed by atoms with Gasteiger partial charge in [0.1, 0.15) is 0 Å². The Bertz CT molecular complexity index is 713. The van der Waals surface area contributed by atoms with Gasteiger partial charge in [0.25, 0.3) is 5.91 Å². The highest BCUT2D eigenvalue weighted by Crippen LogP contribution is 2.17. The fourth-order valence-electron chi connectivity index (χ4n) is 3.31. The third-order valence-electron chi connectivity index (χ3n) is 4.59. The smallest absolute Gasteiger partial charge is 0.251 e. The Morgan fingerprint density at radius 3 is 3.08 bits per heavy atom. The SMILES string of the molecule is Cc1nc(-c2cccc(C(=O)NCCCN3CCCC(C)C3)c2)no1. The van der Waals surface area contributed by atoms with Crippen molar-refractivity contribution in [1.82, 2.24) is 20.4 Å². The first-order valence-electron chi connectivity index (χ1n) is 9.03. The molecule has 6 heteroatoms. The molecule has 1 fully saturated rings. The van der Waals surface area contributed by atoms with E-state index < -0.39 is 0 Å². The molecule has 1 aliphatic rings. The summed E-state index contributed by atoms with van der Waals surface area (Å²) < 4.78 is 5.00. The number of likely N-dealkylation sites (tertiary alicyclic amines) is 1. The lowest BCUT2D eigenvalue weighted by Crippen LogP contribution is -2.36. The number of carbonyl (C=O) groups excluding carboxylic acids is 1. The van der Waals surface area contributed by atoms with E-state index in [1.807, 2.05) is 12.1 Å². The lowest BCUT2D eigenvalue weighted by molar-refractivity contribution is 0.0950. The molecule has 1 aliphatic heterocycles. The molecule has 1 aromatic heterocycles. The summed E-state index contributed by atoms with van der Waals surface area (Å²) in [5, 5.41) is 6.90. The fraction of sp³-hybridized carbons (Fsp3) is 0.526. The molecule has 1 atom stereocenters. The third-order valence-corrected chi connectivity index (χ3v) is 4.59. The Hall–Kier alpha value is -2.21. The highest BCUT2D eigenvalue weighted by molar-refractivity contribution is 5.95. The Balaban J connectivity index is 1.48. The van der Waals surface area contributed by atoms with Crippen LogP contribution in [-0.4, -0.2) is 47.1 Å². The summed E-state index contributed by atoms with van der Waals surface area (Å²) in [6, 6.07) is 7.31. The molecule has 0 spiro atoms. The second-order valence-corrected chi connectivity index (χ2v) is 6.88. The molecule has 134 valence electrons. The quantitative estimate of drug-likeness (QED) is 0.817. The van der Waals surface area contributed by atoms with Crippen LogP contribution in [0, 0.1) is 12.8 Å². The average molecular weight is 342 g/mol. The monoisotopic (exact) mass is 342 g/mol. The van der Waals surface area contributed by atoms with E-state index in [0.717, 1.165) is 24.4 Å². The molecule has 1 N–H and O–H groups in total. The maximum atomic E-state index is 12.3. The van der Waals surface area contributed by atoms with E-state index in [9.17, 15) is 4.79 Å².